The molecule has 0 radical (unpaired) electrons. The fourth-order valence-corrected chi connectivity index (χ4v) is 4.14. The number of aliphatic imine (C=N–C) groups is 1. The molecule has 198 valence electrons. The number of esters is 1. The molecule has 36 heavy (non-hydrogen) atoms. The molecule has 0 saturated carbocycles. The number of carbonyl (C=O) groups is 2. The van der Waals surface area contributed by atoms with E-state index in [0.29, 0.717) is 37.7 Å². The van der Waals surface area contributed by atoms with E-state index < -0.39 is 0 Å². The van der Waals surface area contributed by atoms with Gasteiger partial charge in [0.15, 0.2) is 0 Å². The first-order valence-corrected chi connectivity index (χ1v) is 13.1. The molecule has 1 aliphatic heterocycles. The summed E-state index contributed by atoms with van der Waals surface area (Å²) in [5.41, 5.74) is 5.56. The van der Waals surface area contributed by atoms with Crippen molar-refractivity contribution >= 4 is 23.7 Å². The van der Waals surface area contributed by atoms with Gasteiger partial charge in [-0.3, -0.25) is 14.6 Å². The SMILES string of the molecule is C/C=C(\C=C(\C)C=O)C(=Nc1cc(CNC(CC(C)C)C(=O)OC2CCOCC2)ccc1C)C(C)C. The summed E-state index contributed by atoms with van der Waals surface area (Å²) >= 11 is 0. The van der Waals surface area contributed by atoms with Gasteiger partial charge in [0.2, 0.25) is 0 Å². The fraction of sp³-hybridized carbons (Fsp3) is 0.567. The van der Waals surface area contributed by atoms with Crippen molar-refractivity contribution in [2.45, 2.75) is 86.4 Å². The van der Waals surface area contributed by atoms with E-state index in [2.05, 4.69) is 51.2 Å². The second-order valence-electron chi connectivity index (χ2n) is 10.3. The van der Waals surface area contributed by atoms with E-state index >= 15 is 0 Å². The van der Waals surface area contributed by atoms with Crippen molar-refractivity contribution in [1.82, 2.24) is 5.32 Å². The molecule has 1 fully saturated rings. The van der Waals surface area contributed by atoms with E-state index in [4.69, 9.17) is 14.5 Å². The number of aryl methyl sites for hydroxylation is 1. The Hall–Kier alpha value is -2.57. The van der Waals surface area contributed by atoms with Crippen molar-refractivity contribution < 1.29 is 19.1 Å². The first kappa shape index (κ1) is 29.7. The molecule has 1 saturated heterocycles. The van der Waals surface area contributed by atoms with Gasteiger partial charge in [-0.25, -0.2) is 0 Å². The molecule has 6 nitrogen and oxygen atoms in total. The monoisotopic (exact) mass is 496 g/mol. The van der Waals surface area contributed by atoms with Crippen LogP contribution in [0.25, 0.3) is 0 Å². The molecule has 1 aliphatic rings. The Kier molecular flexibility index (Phi) is 12.2. The minimum Gasteiger partial charge on any atom is -0.461 e. The fourth-order valence-electron chi connectivity index (χ4n) is 4.14. The van der Waals surface area contributed by atoms with Crippen molar-refractivity contribution in [3.8, 4) is 0 Å². The van der Waals surface area contributed by atoms with Gasteiger partial charge in [-0.15, -0.1) is 0 Å². The van der Waals surface area contributed by atoms with Crippen molar-refractivity contribution in [3.63, 3.8) is 0 Å². The van der Waals surface area contributed by atoms with Gasteiger partial charge in [-0.05, 0) is 73.4 Å². The van der Waals surface area contributed by atoms with Crippen LogP contribution in [-0.2, 0) is 25.6 Å². The quantitative estimate of drug-likeness (QED) is 0.125. The number of hydrogen-bond donors (Lipinski definition) is 1. The smallest absolute Gasteiger partial charge is 0.323 e. The summed E-state index contributed by atoms with van der Waals surface area (Å²) in [5, 5.41) is 3.43. The number of aldehydes is 1. The van der Waals surface area contributed by atoms with E-state index in [1.807, 2.05) is 26.0 Å². The predicted octanol–water partition coefficient (Wildman–Crippen LogP) is 6.04. The lowest BCUT2D eigenvalue weighted by Gasteiger charge is -2.26. The Morgan fingerprint density at radius 3 is 2.50 bits per heavy atom. The third-order valence-electron chi connectivity index (χ3n) is 6.23. The third-order valence-corrected chi connectivity index (χ3v) is 6.23. The van der Waals surface area contributed by atoms with Gasteiger partial charge in [-0.1, -0.05) is 45.9 Å². The summed E-state index contributed by atoms with van der Waals surface area (Å²) in [6.45, 7) is 16.1. The molecule has 1 N–H and O–H groups in total. The van der Waals surface area contributed by atoms with Crippen LogP contribution in [0.4, 0.5) is 5.69 Å². The number of rotatable bonds is 12. The number of allylic oxidation sites excluding steroid dienone is 4. The number of carbonyl (C=O) groups excluding carboxylic acids is 2. The lowest BCUT2D eigenvalue weighted by atomic mass is 9.97. The van der Waals surface area contributed by atoms with Crippen LogP contribution in [0.5, 0.6) is 0 Å². The largest absolute Gasteiger partial charge is 0.461 e. The number of ether oxygens (including phenoxy) is 2. The zero-order valence-electron chi connectivity index (χ0n) is 23.1. The number of nitrogens with zero attached hydrogens (tertiary/aromatic N) is 1. The molecule has 0 spiro atoms. The van der Waals surface area contributed by atoms with Crippen LogP contribution in [0.15, 0.2) is 46.5 Å². The molecule has 2 rings (SSSR count). The van der Waals surface area contributed by atoms with Crippen molar-refractivity contribution in [2.24, 2.45) is 16.8 Å². The maximum Gasteiger partial charge on any atom is 0.323 e. The Labute approximate surface area is 217 Å². The van der Waals surface area contributed by atoms with E-state index in [1.165, 1.54) is 0 Å². The maximum absolute atomic E-state index is 12.9. The van der Waals surface area contributed by atoms with Gasteiger partial charge in [-0.2, -0.15) is 0 Å². The molecule has 1 atom stereocenters. The van der Waals surface area contributed by atoms with Crippen molar-refractivity contribution in [1.29, 1.82) is 0 Å². The second-order valence-corrected chi connectivity index (χ2v) is 10.3. The van der Waals surface area contributed by atoms with Crippen LogP contribution < -0.4 is 5.32 Å². The molecule has 0 amide bonds. The Balaban J connectivity index is 2.23. The standard InChI is InChI=1S/C30H44N2O4/c1-8-25(16-22(6)19-33)29(21(4)5)32-27-17-24(10-9-23(27)7)18-31-28(15-20(2)3)30(34)36-26-11-13-35-14-12-26/h8-10,16-17,19-21,26,28,31H,11-15,18H2,1-7H3/b22-16-,25-8+,32-29?. The summed E-state index contributed by atoms with van der Waals surface area (Å²) in [5.74, 6) is 0.361. The molecule has 1 unspecified atom stereocenters. The zero-order chi connectivity index (χ0) is 26.7. The molecular formula is C30H44N2O4. The van der Waals surface area contributed by atoms with Gasteiger partial charge >= 0.3 is 5.97 Å². The summed E-state index contributed by atoms with van der Waals surface area (Å²) in [4.78, 5) is 29.1. The minimum atomic E-state index is -0.363. The topological polar surface area (TPSA) is 77.0 Å². The van der Waals surface area contributed by atoms with Crippen LogP contribution in [0, 0.1) is 18.8 Å². The van der Waals surface area contributed by atoms with Gasteiger partial charge < -0.3 is 14.8 Å². The summed E-state index contributed by atoms with van der Waals surface area (Å²) in [6.07, 6.45) is 6.90. The van der Waals surface area contributed by atoms with Crippen molar-refractivity contribution in [3.05, 3.63) is 52.6 Å². The van der Waals surface area contributed by atoms with Gasteiger partial charge in [0.25, 0.3) is 0 Å². The molecule has 1 aromatic rings. The second kappa shape index (κ2) is 14.9. The predicted molar refractivity (Wildman–Crippen MR) is 147 cm³/mol. The molecule has 0 aromatic heterocycles. The average Bonchev–Trinajstić information content (AvgIpc) is 2.85. The molecule has 1 heterocycles. The van der Waals surface area contributed by atoms with E-state index in [0.717, 1.165) is 47.2 Å². The van der Waals surface area contributed by atoms with Gasteiger partial charge in [0.05, 0.1) is 24.6 Å². The summed E-state index contributed by atoms with van der Waals surface area (Å²) < 4.78 is 11.2. The number of nitrogens with one attached hydrogen (secondary N) is 1. The normalized spacial score (nSPS) is 17.0. The van der Waals surface area contributed by atoms with Gasteiger partial charge in [0, 0.05) is 19.4 Å². The highest BCUT2D eigenvalue weighted by atomic mass is 16.6. The molecular weight excluding hydrogens is 452 g/mol. The van der Waals surface area contributed by atoms with Crippen LogP contribution in [0.3, 0.4) is 0 Å². The summed E-state index contributed by atoms with van der Waals surface area (Å²) in [7, 11) is 0. The molecule has 0 bridgehead atoms. The van der Waals surface area contributed by atoms with Crippen molar-refractivity contribution in [2.75, 3.05) is 13.2 Å². The van der Waals surface area contributed by atoms with Crippen LogP contribution >= 0.6 is 0 Å². The number of benzene rings is 1. The highest BCUT2D eigenvalue weighted by molar-refractivity contribution is 6.06. The van der Waals surface area contributed by atoms with Crippen LogP contribution in [0.1, 0.15) is 71.9 Å². The van der Waals surface area contributed by atoms with Gasteiger partial charge in [0.1, 0.15) is 18.4 Å². The third kappa shape index (κ3) is 9.47. The number of hydrogen-bond acceptors (Lipinski definition) is 6. The zero-order valence-corrected chi connectivity index (χ0v) is 23.1. The van der Waals surface area contributed by atoms with E-state index in [1.54, 1.807) is 6.92 Å². The minimum absolute atomic E-state index is 0.0600. The van der Waals surface area contributed by atoms with Crippen LogP contribution in [0.2, 0.25) is 0 Å². The Morgan fingerprint density at radius 1 is 1.22 bits per heavy atom. The summed E-state index contributed by atoms with van der Waals surface area (Å²) in [6, 6.07) is 5.84. The van der Waals surface area contributed by atoms with Crippen LogP contribution in [-0.4, -0.2) is 43.3 Å². The lowest BCUT2D eigenvalue weighted by molar-refractivity contribution is -0.156. The first-order chi connectivity index (χ1) is 17.1. The molecule has 1 aromatic carbocycles. The van der Waals surface area contributed by atoms with E-state index in [-0.39, 0.29) is 24.0 Å². The first-order valence-electron chi connectivity index (χ1n) is 13.1. The lowest BCUT2D eigenvalue weighted by Crippen LogP contribution is -2.41. The van der Waals surface area contributed by atoms with E-state index in [9.17, 15) is 9.59 Å². The Bertz CT molecular complexity index is 969. The molecule has 6 heteroatoms. The maximum atomic E-state index is 12.9. The molecule has 0 aliphatic carbocycles. The highest BCUT2D eigenvalue weighted by Crippen LogP contribution is 2.24. The highest BCUT2D eigenvalue weighted by Gasteiger charge is 2.25. The Morgan fingerprint density at radius 2 is 1.92 bits per heavy atom. The average molecular weight is 497 g/mol.